The zero-order chi connectivity index (χ0) is 40.7. The number of hydrogen-bond donors (Lipinski definition) is 0. The Labute approximate surface area is 317 Å². The van der Waals surface area contributed by atoms with Crippen LogP contribution in [-0.4, -0.2) is 23.0 Å². The lowest BCUT2D eigenvalue weighted by Crippen LogP contribution is -2.37. The van der Waals surface area contributed by atoms with Crippen LogP contribution in [0.3, 0.4) is 0 Å². The molecule has 0 aliphatic rings. The lowest BCUT2D eigenvalue weighted by atomic mass is 9.82. The van der Waals surface area contributed by atoms with E-state index in [-0.39, 0.29) is 22.7 Å². The van der Waals surface area contributed by atoms with E-state index in [2.05, 4.69) is 144 Å². The summed E-state index contributed by atoms with van der Waals surface area (Å²) < 4.78 is 35.2. The Morgan fingerprint density at radius 2 is 1.31 bits per heavy atom. The minimum absolute atomic E-state index is 0.0708. The maximum atomic E-state index is 8.83. The number of aryl methyl sites for hydroxylation is 3. The predicted molar refractivity (Wildman–Crippen MR) is 223 cm³/mol. The highest BCUT2D eigenvalue weighted by Gasteiger charge is 2.29. The van der Waals surface area contributed by atoms with Gasteiger partial charge in [-0.1, -0.05) is 118 Å². The molecular weight excluding hydrogens is 653 g/mol. The van der Waals surface area contributed by atoms with Crippen LogP contribution in [-0.2, 0) is 17.9 Å². The highest BCUT2D eigenvalue weighted by atomic mass is 28.3. The number of hydrogen-bond acceptors (Lipinski definition) is 4. The summed E-state index contributed by atoms with van der Waals surface area (Å²) in [4.78, 5) is 15.1. The fourth-order valence-electron chi connectivity index (χ4n) is 7.04. The molecule has 6 rings (SSSR count). The van der Waals surface area contributed by atoms with Crippen molar-refractivity contribution in [1.29, 1.82) is 0 Å². The predicted octanol–water partition coefficient (Wildman–Crippen LogP) is 11.6. The quantitative estimate of drug-likeness (QED) is 0.127. The normalized spacial score (nSPS) is 14.1. The van der Waals surface area contributed by atoms with E-state index in [0.717, 1.165) is 72.7 Å². The molecule has 3 heterocycles. The van der Waals surface area contributed by atoms with Crippen molar-refractivity contribution >= 4 is 35.2 Å². The summed E-state index contributed by atoms with van der Waals surface area (Å²) >= 11 is 0. The summed E-state index contributed by atoms with van der Waals surface area (Å²) in [5, 5.41) is 3.48. The summed E-state index contributed by atoms with van der Waals surface area (Å²) in [5.74, 6) is 2.28. The Hall–Kier alpha value is -4.16. The molecule has 0 aliphatic heterocycles. The summed E-state index contributed by atoms with van der Waals surface area (Å²) in [7, 11) is 0.367. The Morgan fingerprint density at radius 3 is 1.83 bits per heavy atom. The van der Waals surface area contributed by atoms with E-state index >= 15 is 0 Å². The molecule has 0 radical (unpaired) electrons. The van der Waals surface area contributed by atoms with Crippen LogP contribution in [0.2, 0.25) is 19.6 Å². The zero-order valence-corrected chi connectivity index (χ0v) is 35.0. The van der Waals surface area contributed by atoms with Crippen molar-refractivity contribution in [2.45, 2.75) is 125 Å². The number of furan rings is 1. The molecule has 0 unspecified atom stereocenters. The summed E-state index contributed by atoms with van der Waals surface area (Å²) in [6.07, 6.45) is 1.81. The fourth-order valence-corrected chi connectivity index (χ4v) is 8.19. The molecule has 0 aliphatic carbocycles. The molecule has 0 bridgehead atoms. The molecular formula is C46H59N4OSi+. The molecule has 0 N–H and O–H groups in total. The van der Waals surface area contributed by atoms with Crippen LogP contribution in [0.1, 0.15) is 119 Å². The summed E-state index contributed by atoms with van der Waals surface area (Å²) in [5.41, 5.74) is 9.06. The number of aromatic nitrogens is 4. The van der Waals surface area contributed by atoms with E-state index in [4.69, 9.17) is 23.5 Å². The molecule has 0 amide bonds. The van der Waals surface area contributed by atoms with E-state index in [1.165, 1.54) is 5.19 Å². The SMILES string of the molecule is [2H]C([2H])([2H])c1c[n+](C)c(-c2c(C)ccc3c2oc2cc([Si](C)(C)C)ccc23)cc1-c1c(C(C)C)cc(-c2nc(C(C)(C)C)nc(C(C)(C)C)n2)cc1C(C)C. The van der Waals surface area contributed by atoms with Gasteiger partial charge in [-0.25, -0.2) is 19.5 Å². The Morgan fingerprint density at radius 1 is 0.731 bits per heavy atom. The first kappa shape index (κ1) is 33.7. The van der Waals surface area contributed by atoms with Crippen LogP contribution in [0.15, 0.2) is 59.1 Å². The largest absolute Gasteiger partial charge is 0.455 e. The molecule has 0 spiro atoms. The van der Waals surface area contributed by atoms with Gasteiger partial charge in [0.15, 0.2) is 12.0 Å². The second-order valence-electron chi connectivity index (χ2n) is 18.4. The minimum Gasteiger partial charge on any atom is -0.455 e. The van der Waals surface area contributed by atoms with Gasteiger partial charge in [-0.3, -0.25) is 0 Å². The molecule has 52 heavy (non-hydrogen) atoms. The third kappa shape index (κ3) is 6.87. The molecule has 3 aromatic heterocycles. The van der Waals surface area contributed by atoms with Crippen molar-refractivity contribution in [3.63, 3.8) is 0 Å². The van der Waals surface area contributed by atoms with Crippen LogP contribution >= 0.6 is 0 Å². The molecule has 0 saturated carbocycles. The van der Waals surface area contributed by atoms with Gasteiger partial charge in [0.05, 0.1) is 13.6 Å². The highest BCUT2D eigenvalue weighted by molar-refractivity contribution is 6.88. The van der Waals surface area contributed by atoms with Crippen LogP contribution in [0.25, 0.3) is 55.7 Å². The Balaban J connectivity index is 1.69. The minimum atomic E-state index is -2.36. The lowest BCUT2D eigenvalue weighted by Gasteiger charge is -2.25. The first-order chi connectivity index (χ1) is 25.3. The van der Waals surface area contributed by atoms with Gasteiger partial charge >= 0.3 is 0 Å². The van der Waals surface area contributed by atoms with Crippen molar-refractivity contribution in [3.05, 3.63) is 88.6 Å². The van der Waals surface area contributed by atoms with Gasteiger partial charge in [-0.05, 0) is 71.6 Å². The lowest BCUT2D eigenvalue weighted by molar-refractivity contribution is -0.660. The second kappa shape index (κ2) is 13.0. The topological polar surface area (TPSA) is 55.7 Å². The molecule has 3 aromatic carbocycles. The highest BCUT2D eigenvalue weighted by Crippen LogP contribution is 2.43. The zero-order valence-electron chi connectivity index (χ0n) is 37.0. The van der Waals surface area contributed by atoms with Crippen molar-refractivity contribution in [2.75, 3.05) is 0 Å². The van der Waals surface area contributed by atoms with Crippen LogP contribution in [0.5, 0.6) is 0 Å². The molecule has 0 fully saturated rings. The van der Waals surface area contributed by atoms with Crippen molar-refractivity contribution in [3.8, 4) is 33.8 Å². The number of benzene rings is 3. The average molecular weight is 715 g/mol. The van der Waals surface area contributed by atoms with Gasteiger partial charge < -0.3 is 4.42 Å². The van der Waals surface area contributed by atoms with E-state index in [9.17, 15) is 0 Å². The molecule has 5 nitrogen and oxygen atoms in total. The molecule has 0 atom stereocenters. The van der Waals surface area contributed by atoms with E-state index in [0.29, 0.717) is 17.0 Å². The van der Waals surface area contributed by atoms with Crippen molar-refractivity contribution in [2.24, 2.45) is 7.05 Å². The van der Waals surface area contributed by atoms with Gasteiger partial charge in [0.2, 0.25) is 5.69 Å². The number of fused-ring (bicyclic) bond motifs is 3. The third-order valence-electron chi connectivity index (χ3n) is 10.2. The smallest absolute Gasteiger partial charge is 0.216 e. The molecule has 6 heteroatoms. The summed E-state index contributed by atoms with van der Waals surface area (Å²) in [6, 6.07) is 17.4. The average Bonchev–Trinajstić information content (AvgIpc) is 3.44. The maximum absolute atomic E-state index is 8.83. The van der Waals surface area contributed by atoms with Crippen molar-refractivity contribution in [1.82, 2.24) is 15.0 Å². The Kier molecular flexibility index (Phi) is 8.45. The van der Waals surface area contributed by atoms with Crippen LogP contribution in [0, 0.1) is 13.8 Å². The van der Waals surface area contributed by atoms with Gasteiger partial charge in [0, 0.05) is 42.9 Å². The standard InChI is InChI=1S/C46H59N4OSi/c1-26(2)34-21-30(42-47-43(45(7,8)9)49-44(48-42)46(10,11)12)22-35(27(3)4)40(34)36-24-37(50(13)25-29(36)6)39-28(5)17-19-33-32-20-18-31(52(14,15)16)23-38(32)51-41(33)39/h17-27H,1-16H3/q+1/i6D3. The monoisotopic (exact) mass is 714 g/mol. The number of rotatable bonds is 6. The van der Waals surface area contributed by atoms with Crippen molar-refractivity contribution < 1.29 is 13.1 Å². The van der Waals surface area contributed by atoms with Gasteiger partial charge in [-0.15, -0.1) is 0 Å². The van der Waals surface area contributed by atoms with Crippen LogP contribution < -0.4 is 9.75 Å². The first-order valence-electron chi connectivity index (χ1n) is 20.2. The van der Waals surface area contributed by atoms with Gasteiger partial charge in [0.25, 0.3) is 0 Å². The molecule has 6 aromatic rings. The molecule has 0 saturated heterocycles. The molecule has 272 valence electrons. The Bertz CT molecular complexity index is 2390. The maximum Gasteiger partial charge on any atom is 0.216 e. The first-order valence-corrected chi connectivity index (χ1v) is 22.2. The second-order valence-corrected chi connectivity index (χ2v) is 23.5. The fraction of sp³-hybridized carbons (Fsp3) is 0.435. The number of nitrogens with zero attached hydrogens (tertiary/aromatic N) is 4. The van der Waals surface area contributed by atoms with Crippen LogP contribution in [0.4, 0.5) is 0 Å². The van der Waals surface area contributed by atoms with Gasteiger partial charge in [0.1, 0.15) is 29.9 Å². The van der Waals surface area contributed by atoms with E-state index in [1.807, 2.05) is 11.6 Å². The van der Waals surface area contributed by atoms with E-state index in [1.54, 1.807) is 6.20 Å². The summed E-state index contributed by atoms with van der Waals surface area (Å²) in [6.45, 7) is 28.2. The van der Waals surface area contributed by atoms with E-state index < -0.39 is 14.9 Å². The number of pyridine rings is 1. The van der Waals surface area contributed by atoms with Gasteiger partial charge in [-0.2, -0.15) is 0 Å². The third-order valence-corrected chi connectivity index (χ3v) is 12.2.